The second-order valence-electron chi connectivity index (χ2n) is 2.28. The topological polar surface area (TPSA) is 21.3 Å². The Morgan fingerprint density at radius 1 is 1.45 bits per heavy atom. The van der Waals surface area contributed by atoms with Gasteiger partial charge in [-0.05, 0) is 0 Å². The summed E-state index contributed by atoms with van der Waals surface area (Å²) in [6.45, 7) is -3.95. The molecule has 0 aliphatic carbocycles. The van der Waals surface area contributed by atoms with E-state index >= 15 is 0 Å². The lowest BCUT2D eigenvalue weighted by atomic mass is 10.2. The highest BCUT2D eigenvalue weighted by Crippen LogP contribution is 2.25. The summed E-state index contributed by atoms with van der Waals surface area (Å²) < 4.78 is 51.5. The van der Waals surface area contributed by atoms with Crippen molar-refractivity contribution in [1.29, 1.82) is 0 Å². The van der Waals surface area contributed by atoms with Crippen LogP contribution in [0.2, 0.25) is 0 Å². The highest BCUT2D eigenvalue weighted by molar-refractivity contribution is 4.88. The number of hydrogen-bond acceptors (Lipinski definition) is 2. The third kappa shape index (κ3) is 2.03. The highest BCUT2D eigenvalue weighted by Gasteiger charge is 2.46. The summed E-state index contributed by atoms with van der Waals surface area (Å²) in [6, 6.07) is 0. The van der Waals surface area contributed by atoms with E-state index in [-0.39, 0.29) is 6.54 Å². The Morgan fingerprint density at radius 2 is 2.09 bits per heavy atom. The molecule has 0 bridgehead atoms. The average molecular weight is 173 g/mol. The second-order valence-corrected chi connectivity index (χ2v) is 2.28. The van der Waals surface area contributed by atoms with E-state index in [2.05, 4.69) is 10.1 Å². The quantitative estimate of drug-likeness (QED) is 0.624. The van der Waals surface area contributed by atoms with Crippen molar-refractivity contribution in [3.05, 3.63) is 0 Å². The van der Waals surface area contributed by atoms with E-state index in [1.807, 2.05) is 0 Å². The van der Waals surface area contributed by atoms with Gasteiger partial charge in [0.25, 0.3) is 5.92 Å². The Labute approximate surface area is 60.5 Å². The van der Waals surface area contributed by atoms with E-state index in [9.17, 15) is 17.6 Å². The van der Waals surface area contributed by atoms with E-state index in [1.165, 1.54) is 0 Å². The first-order valence-corrected chi connectivity index (χ1v) is 3.04. The van der Waals surface area contributed by atoms with Crippen molar-refractivity contribution in [1.82, 2.24) is 5.32 Å². The molecule has 1 aliphatic heterocycles. The molecule has 1 saturated heterocycles. The van der Waals surface area contributed by atoms with Crippen molar-refractivity contribution < 1.29 is 22.3 Å². The summed E-state index contributed by atoms with van der Waals surface area (Å²) in [4.78, 5) is 0. The zero-order valence-electron chi connectivity index (χ0n) is 5.49. The van der Waals surface area contributed by atoms with E-state index in [4.69, 9.17) is 0 Å². The predicted molar refractivity (Wildman–Crippen MR) is 28.7 cm³/mol. The molecule has 1 aliphatic rings. The van der Waals surface area contributed by atoms with Gasteiger partial charge in [0.05, 0.1) is 6.54 Å². The van der Waals surface area contributed by atoms with Crippen LogP contribution in [0.3, 0.4) is 0 Å². The van der Waals surface area contributed by atoms with E-state index in [0.29, 0.717) is 0 Å². The van der Waals surface area contributed by atoms with Crippen LogP contribution < -0.4 is 5.32 Å². The number of nitrogens with one attached hydrogen (secondary N) is 1. The van der Waals surface area contributed by atoms with Crippen LogP contribution >= 0.6 is 0 Å². The Balaban J connectivity index is 2.45. The lowest BCUT2D eigenvalue weighted by Crippen LogP contribution is -2.35. The summed E-state index contributed by atoms with van der Waals surface area (Å²) in [6.07, 6.45) is -1.69. The Kier molecular flexibility index (Phi) is 2.34. The minimum Gasteiger partial charge on any atom is -0.312 e. The SMILES string of the molecule is FC(F)O[C@H]1CNCC1(F)F. The molecule has 11 heavy (non-hydrogen) atoms. The smallest absolute Gasteiger partial charge is 0.312 e. The monoisotopic (exact) mass is 173 g/mol. The van der Waals surface area contributed by atoms with Gasteiger partial charge >= 0.3 is 6.61 Å². The first-order chi connectivity index (χ1) is 5.02. The minimum absolute atomic E-state index is 0.225. The van der Waals surface area contributed by atoms with Gasteiger partial charge in [0.15, 0.2) is 0 Å². The number of halogens is 4. The molecule has 2 nitrogen and oxygen atoms in total. The van der Waals surface area contributed by atoms with Gasteiger partial charge in [-0.25, -0.2) is 8.78 Å². The van der Waals surface area contributed by atoms with Gasteiger partial charge in [-0.15, -0.1) is 0 Å². The van der Waals surface area contributed by atoms with Crippen molar-refractivity contribution >= 4 is 0 Å². The van der Waals surface area contributed by atoms with Gasteiger partial charge in [-0.3, -0.25) is 0 Å². The maximum absolute atomic E-state index is 12.4. The van der Waals surface area contributed by atoms with Gasteiger partial charge in [0.2, 0.25) is 0 Å². The normalized spacial score (nSPS) is 29.7. The van der Waals surface area contributed by atoms with Crippen LogP contribution in [0.15, 0.2) is 0 Å². The largest absolute Gasteiger partial charge is 0.345 e. The summed E-state index contributed by atoms with van der Waals surface area (Å²) in [5.74, 6) is -3.17. The van der Waals surface area contributed by atoms with E-state index < -0.39 is 25.2 Å². The number of hydrogen-bond donors (Lipinski definition) is 1. The van der Waals surface area contributed by atoms with Crippen LogP contribution in [-0.4, -0.2) is 31.7 Å². The minimum atomic E-state index is -3.17. The number of ether oxygens (including phenoxy) is 1. The Bertz CT molecular complexity index is 140. The maximum Gasteiger partial charge on any atom is 0.345 e. The van der Waals surface area contributed by atoms with Crippen LogP contribution in [0.1, 0.15) is 0 Å². The molecule has 1 fully saturated rings. The molecule has 0 spiro atoms. The van der Waals surface area contributed by atoms with Crippen LogP contribution in [0, 0.1) is 0 Å². The molecular formula is C5H7F4NO. The van der Waals surface area contributed by atoms with Gasteiger partial charge in [0.1, 0.15) is 6.10 Å². The number of alkyl halides is 4. The molecule has 0 unspecified atom stereocenters. The molecule has 1 rings (SSSR count). The molecule has 6 heteroatoms. The van der Waals surface area contributed by atoms with Gasteiger partial charge < -0.3 is 10.1 Å². The first kappa shape index (κ1) is 8.73. The third-order valence-corrected chi connectivity index (χ3v) is 1.43. The van der Waals surface area contributed by atoms with Crippen LogP contribution in [0.5, 0.6) is 0 Å². The predicted octanol–water partition coefficient (Wildman–Crippen LogP) is 0.833. The van der Waals surface area contributed by atoms with Crippen LogP contribution in [-0.2, 0) is 4.74 Å². The van der Waals surface area contributed by atoms with Gasteiger partial charge in [-0.1, -0.05) is 0 Å². The maximum atomic E-state index is 12.4. The summed E-state index contributed by atoms with van der Waals surface area (Å²) in [7, 11) is 0. The van der Waals surface area contributed by atoms with E-state index in [0.717, 1.165) is 0 Å². The highest BCUT2D eigenvalue weighted by atomic mass is 19.3. The van der Waals surface area contributed by atoms with Gasteiger partial charge in [0, 0.05) is 6.54 Å². The first-order valence-electron chi connectivity index (χ1n) is 3.04. The second kappa shape index (κ2) is 2.94. The van der Waals surface area contributed by atoms with Crippen molar-refractivity contribution in [3.8, 4) is 0 Å². The average Bonchev–Trinajstić information content (AvgIpc) is 2.10. The van der Waals surface area contributed by atoms with Crippen molar-refractivity contribution in [3.63, 3.8) is 0 Å². The lowest BCUT2D eigenvalue weighted by molar-refractivity contribution is -0.210. The molecule has 0 saturated carbocycles. The molecule has 0 aromatic rings. The molecular weight excluding hydrogens is 166 g/mol. The summed E-state index contributed by atoms with van der Waals surface area (Å²) in [5.41, 5.74) is 0. The number of rotatable bonds is 2. The van der Waals surface area contributed by atoms with Crippen LogP contribution in [0.25, 0.3) is 0 Å². The zero-order valence-corrected chi connectivity index (χ0v) is 5.49. The molecule has 0 aromatic carbocycles. The standard InChI is InChI=1S/C5H7F4NO/c6-4(7)11-3-1-10-2-5(3,8)9/h3-4,10H,1-2H2/t3-/m0/s1. The molecule has 1 heterocycles. The summed E-state index contributed by atoms with van der Waals surface area (Å²) in [5, 5.41) is 2.26. The molecule has 0 radical (unpaired) electrons. The fourth-order valence-corrected chi connectivity index (χ4v) is 0.905. The van der Waals surface area contributed by atoms with Gasteiger partial charge in [-0.2, -0.15) is 8.78 Å². The van der Waals surface area contributed by atoms with Crippen LogP contribution in [0.4, 0.5) is 17.6 Å². The molecule has 0 amide bonds. The van der Waals surface area contributed by atoms with Crippen molar-refractivity contribution in [2.75, 3.05) is 13.1 Å². The molecule has 0 aromatic heterocycles. The zero-order chi connectivity index (χ0) is 8.48. The third-order valence-electron chi connectivity index (χ3n) is 1.43. The lowest BCUT2D eigenvalue weighted by Gasteiger charge is -2.17. The van der Waals surface area contributed by atoms with Crippen molar-refractivity contribution in [2.24, 2.45) is 0 Å². The van der Waals surface area contributed by atoms with Crippen molar-refractivity contribution in [2.45, 2.75) is 18.6 Å². The Morgan fingerprint density at radius 3 is 2.45 bits per heavy atom. The molecule has 1 N–H and O–H groups in total. The molecule has 1 atom stereocenters. The van der Waals surface area contributed by atoms with E-state index in [1.54, 1.807) is 0 Å². The molecule has 66 valence electrons. The fraction of sp³-hybridized carbons (Fsp3) is 1.00. The Hall–Kier alpha value is -0.360. The fourth-order valence-electron chi connectivity index (χ4n) is 0.905. The summed E-state index contributed by atoms with van der Waals surface area (Å²) >= 11 is 0.